The summed E-state index contributed by atoms with van der Waals surface area (Å²) in [4.78, 5) is 17.7. The van der Waals surface area contributed by atoms with Crippen LogP contribution in [0.5, 0.6) is 0 Å². The standard InChI is InChI=1S/C2H6N4O.HNO3/c3-2(4)6-5-1-7;2-1(3)4/h1H,(H,5,7)(H4,3,4,6);(H,2,3,4). The lowest BCUT2D eigenvalue weighted by Crippen LogP contribution is -2.25. The van der Waals surface area contributed by atoms with Gasteiger partial charge in [0.05, 0.1) is 0 Å². The van der Waals surface area contributed by atoms with Gasteiger partial charge in [-0.05, 0) is 0 Å². The summed E-state index contributed by atoms with van der Waals surface area (Å²) < 4.78 is 0. The summed E-state index contributed by atoms with van der Waals surface area (Å²) in [5, 5.41) is 16.7. The number of amides is 1. The van der Waals surface area contributed by atoms with E-state index < -0.39 is 5.09 Å². The van der Waals surface area contributed by atoms with Crippen LogP contribution in [0.2, 0.25) is 0 Å². The highest BCUT2D eigenvalue weighted by Crippen LogP contribution is 1.44. The molecule has 0 bridgehead atoms. The van der Waals surface area contributed by atoms with Crippen LogP contribution in [-0.4, -0.2) is 22.7 Å². The van der Waals surface area contributed by atoms with Crippen LogP contribution >= 0.6 is 0 Å². The third-order valence-corrected chi connectivity index (χ3v) is 0.246. The number of rotatable bonds is 2. The van der Waals surface area contributed by atoms with E-state index in [4.69, 9.17) is 26.8 Å². The Labute approximate surface area is 60.8 Å². The smallest absolute Gasteiger partial charge is 0.291 e. The number of carbonyl (C=O) groups excluding carboxylic acids is 1. The van der Waals surface area contributed by atoms with Crippen LogP contribution in [0.1, 0.15) is 0 Å². The van der Waals surface area contributed by atoms with Gasteiger partial charge in [-0.1, -0.05) is 0 Å². The quantitative estimate of drug-likeness (QED) is 0.117. The molecule has 0 spiro atoms. The third kappa shape index (κ3) is 74.4. The molecule has 0 aliphatic rings. The Balaban J connectivity index is 0. The molecule has 0 saturated heterocycles. The van der Waals surface area contributed by atoms with Crippen molar-refractivity contribution in [2.45, 2.75) is 0 Å². The molecule has 0 aromatic carbocycles. The molecule has 11 heavy (non-hydrogen) atoms. The second-order valence-electron chi connectivity index (χ2n) is 1.02. The van der Waals surface area contributed by atoms with Gasteiger partial charge in [-0.25, -0.2) is 5.43 Å². The van der Waals surface area contributed by atoms with E-state index in [1.165, 1.54) is 0 Å². The highest BCUT2D eigenvalue weighted by atomic mass is 16.9. The van der Waals surface area contributed by atoms with Gasteiger partial charge < -0.3 is 16.7 Å². The van der Waals surface area contributed by atoms with Crippen molar-refractivity contribution in [3.8, 4) is 0 Å². The largest absolute Gasteiger partial charge is 0.369 e. The average Bonchev–Trinajstić information content (AvgIpc) is 1.82. The van der Waals surface area contributed by atoms with Gasteiger partial charge in [0.25, 0.3) is 5.09 Å². The van der Waals surface area contributed by atoms with E-state index in [9.17, 15) is 4.79 Å². The Morgan fingerprint density at radius 1 is 1.73 bits per heavy atom. The van der Waals surface area contributed by atoms with Gasteiger partial charge in [0, 0.05) is 0 Å². The SMILES string of the molecule is NC(N)=NNC=O.O=[N+]([O-])O. The first kappa shape index (κ1) is 11.7. The minimum absolute atomic E-state index is 0.160. The molecule has 0 aromatic rings. The molecule has 0 atom stereocenters. The fraction of sp³-hybridized carbons (Fsp3) is 0. The maximum absolute atomic E-state index is 9.38. The summed E-state index contributed by atoms with van der Waals surface area (Å²) in [5.74, 6) is -0.160. The van der Waals surface area contributed by atoms with Gasteiger partial charge in [0.15, 0.2) is 0 Å². The number of carbonyl (C=O) groups is 1. The van der Waals surface area contributed by atoms with Gasteiger partial charge >= 0.3 is 0 Å². The highest BCUT2D eigenvalue weighted by Gasteiger charge is 1.70. The zero-order chi connectivity index (χ0) is 9.28. The first-order valence-corrected chi connectivity index (χ1v) is 2.11. The third-order valence-electron chi connectivity index (χ3n) is 0.246. The maximum atomic E-state index is 9.38. The fourth-order valence-electron chi connectivity index (χ4n) is 0.101. The second kappa shape index (κ2) is 7.94. The van der Waals surface area contributed by atoms with Crippen molar-refractivity contribution < 1.29 is 15.1 Å². The number of hydrogen-bond donors (Lipinski definition) is 4. The molecule has 0 aliphatic heterocycles. The van der Waals surface area contributed by atoms with E-state index in [0.717, 1.165) is 0 Å². The predicted octanol–water partition coefficient (Wildman–Crippen LogP) is -2.43. The van der Waals surface area contributed by atoms with Crippen LogP contribution in [0.15, 0.2) is 5.10 Å². The Kier molecular flexibility index (Phi) is 8.45. The average molecular weight is 165 g/mol. The Morgan fingerprint density at radius 3 is 2.18 bits per heavy atom. The van der Waals surface area contributed by atoms with Crippen LogP contribution in [0, 0.1) is 10.1 Å². The van der Waals surface area contributed by atoms with Gasteiger partial charge in [-0.15, -0.1) is 15.2 Å². The number of hydrogen-bond acceptors (Lipinski definition) is 4. The van der Waals surface area contributed by atoms with Crippen molar-refractivity contribution in [1.29, 1.82) is 0 Å². The summed E-state index contributed by atoms with van der Waals surface area (Å²) in [7, 11) is 0. The van der Waals surface area contributed by atoms with E-state index in [1.54, 1.807) is 0 Å². The van der Waals surface area contributed by atoms with Crippen molar-refractivity contribution in [1.82, 2.24) is 5.43 Å². The minimum Gasteiger partial charge on any atom is -0.369 e. The summed E-state index contributed by atoms with van der Waals surface area (Å²) in [6, 6.07) is 0. The van der Waals surface area contributed by atoms with Gasteiger partial charge in [-0.2, -0.15) is 0 Å². The van der Waals surface area contributed by atoms with Crippen LogP contribution in [0.3, 0.4) is 0 Å². The molecule has 0 rings (SSSR count). The molecule has 6 N–H and O–H groups in total. The molecule has 9 heteroatoms. The van der Waals surface area contributed by atoms with Gasteiger partial charge in [-0.3, -0.25) is 4.79 Å². The van der Waals surface area contributed by atoms with E-state index in [-0.39, 0.29) is 5.96 Å². The molecule has 9 nitrogen and oxygen atoms in total. The molecule has 0 unspecified atom stereocenters. The number of nitrogens with zero attached hydrogens (tertiary/aromatic N) is 2. The molecular weight excluding hydrogens is 158 g/mol. The first-order chi connectivity index (χ1) is 5.00. The molecule has 0 aromatic heterocycles. The summed E-state index contributed by atoms with van der Waals surface area (Å²) in [5.41, 5.74) is 11.5. The van der Waals surface area contributed by atoms with Gasteiger partial charge in [0.1, 0.15) is 0 Å². The molecule has 0 radical (unpaired) electrons. The monoisotopic (exact) mass is 165 g/mol. The number of guanidine groups is 1. The molecule has 0 saturated carbocycles. The summed E-state index contributed by atoms with van der Waals surface area (Å²) in [6.45, 7) is 0. The van der Waals surface area contributed by atoms with Crippen molar-refractivity contribution in [3.63, 3.8) is 0 Å². The number of nitrogens with two attached hydrogens (primary N) is 2. The van der Waals surface area contributed by atoms with Crippen LogP contribution in [0.4, 0.5) is 0 Å². The molecule has 64 valence electrons. The lowest BCUT2D eigenvalue weighted by Gasteiger charge is -1.84. The first-order valence-electron chi connectivity index (χ1n) is 2.11. The number of nitrogens with one attached hydrogen (secondary N) is 1. The summed E-state index contributed by atoms with van der Waals surface area (Å²) >= 11 is 0. The molecule has 0 aliphatic carbocycles. The Bertz CT molecular complexity index is 147. The lowest BCUT2D eigenvalue weighted by atomic mass is 11.1. The molecule has 0 heterocycles. The van der Waals surface area contributed by atoms with E-state index in [2.05, 4.69) is 5.10 Å². The predicted molar refractivity (Wildman–Crippen MR) is 33.8 cm³/mol. The lowest BCUT2D eigenvalue weighted by molar-refractivity contribution is -0.742. The zero-order valence-corrected chi connectivity index (χ0v) is 5.30. The Morgan fingerprint density at radius 2 is 2.09 bits per heavy atom. The van der Waals surface area contributed by atoms with Crippen LogP contribution in [0.25, 0.3) is 0 Å². The molecular formula is C2H7N5O4. The normalized spacial score (nSPS) is 6.55. The van der Waals surface area contributed by atoms with Crippen LogP contribution in [-0.2, 0) is 4.79 Å². The van der Waals surface area contributed by atoms with Crippen molar-refractivity contribution >= 4 is 12.4 Å². The molecule has 0 fully saturated rings. The highest BCUT2D eigenvalue weighted by molar-refractivity contribution is 5.76. The van der Waals surface area contributed by atoms with Crippen molar-refractivity contribution in [2.24, 2.45) is 16.6 Å². The van der Waals surface area contributed by atoms with Crippen molar-refractivity contribution in [2.75, 3.05) is 0 Å². The Hall–Kier alpha value is -2.06. The van der Waals surface area contributed by atoms with Crippen molar-refractivity contribution in [3.05, 3.63) is 10.1 Å². The van der Waals surface area contributed by atoms with E-state index in [0.29, 0.717) is 6.41 Å². The van der Waals surface area contributed by atoms with Gasteiger partial charge in [0.2, 0.25) is 12.4 Å². The second-order valence-corrected chi connectivity index (χ2v) is 1.02. The van der Waals surface area contributed by atoms with Crippen LogP contribution < -0.4 is 16.9 Å². The van der Waals surface area contributed by atoms with E-state index in [1.807, 2.05) is 5.43 Å². The summed E-state index contributed by atoms with van der Waals surface area (Å²) in [6.07, 6.45) is 0.375. The zero-order valence-electron chi connectivity index (χ0n) is 5.30. The van der Waals surface area contributed by atoms with E-state index >= 15 is 0 Å². The topological polar surface area (TPSA) is 157 Å². The fourth-order valence-corrected chi connectivity index (χ4v) is 0.101. The number of hydrazone groups is 1. The maximum Gasteiger partial charge on any atom is 0.291 e. The minimum atomic E-state index is -1.50. The molecule has 1 amide bonds.